The van der Waals surface area contributed by atoms with Gasteiger partial charge in [-0.25, -0.2) is 4.79 Å². The molecule has 0 aliphatic carbocycles. The first kappa shape index (κ1) is 23.6. The molecule has 1 aromatic heterocycles. The number of carboxylic acid groups (broad SMARTS) is 1. The lowest BCUT2D eigenvalue weighted by Crippen LogP contribution is -2.18. The second-order valence-electron chi connectivity index (χ2n) is 6.52. The molecule has 0 amide bonds. The number of anilines is 2. The summed E-state index contributed by atoms with van der Waals surface area (Å²) >= 11 is 0. The van der Waals surface area contributed by atoms with E-state index in [0.717, 1.165) is 12.1 Å². The van der Waals surface area contributed by atoms with Crippen LogP contribution in [-0.2, 0) is 6.54 Å². The number of rotatable bonds is 10. The molecule has 1 N–H and O–H groups in total. The van der Waals surface area contributed by atoms with Crippen molar-refractivity contribution >= 4 is 17.3 Å². The van der Waals surface area contributed by atoms with Crippen molar-refractivity contribution in [3.8, 4) is 17.2 Å². The fraction of sp³-hybridized carbons (Fsp3) is 0.182. The quantitative estimate of drug-likeness (QED) is 0.405. The van der Waals surface area contributed by atoms with E-state index in [0.29, 0.717) is 17.1 Å². The van der Waals surface area contributed by atoms with Crippen LogP contribution in [0.2, 0.25) is 0 Å². The molecule has 0 radical (unpaired) electrons. The average molecular weight is 466 g/mol. The number of methoxy groups -OCH3 is 1. The van der Waals surface area contributed by atoms with Crippen molar-refractivity contribution in [2.24, 2.45) is 0 Å². The number of hydrogen-bond donors (Lipinski definition) is 1. The molecule has 0 saturated heterocycles. The summed E-state index contributed by atoms with van der Waals surface area (Å²) in [4.78, 5) is 17.2. The lowest BCUT2D eigenvalue weighted by molar-refractivity contribution is -0.0692. The number of aromatic nitrogens is 1. The van der Waals surface area contributed by atoms with E-state index in [9.17, 15) is 27.5 Å². The van der Waals surface area contributed by atoms with Crippen molar-refractivity contribution in [3.63, 3.8) is 0 Å². The number of ether oxygens (including phenoxy) is 3. The first-order chi connectivity index (χ1) is 15.8. The number of alkyl halides is 4. The first-order valence-corrected chi connectivity index (χ1v) is 9.40. The van der Waals surface area contributed by atoms with Crippen LogP contribution in [0.4, 0.5) is 28.9 Å². The Hall–Kier alpha value is -4.02. The summed E-state index contributed by atoms with van der Waals surface area (Å²) in [6.45, 7) is -6.48. The van der Waals surface area contributed by atoms with Gasteiger partial charge >= 0.3 is 19.2 Å². The largest absolute Gasteiger partial charge is 0.497 e. The van der Waals surface area contributed by atoms with Gasteiger partial charge in [0, 0.05) is 29.7 Å². The second-order valence-corrected chi connectivity index (χ2v) is 6.52. The zero-order valence-corrected chi connectivity index (χ0v) is 17.1. The van der Waals surface area contributed by atoms with Crippen LogP contribution < -0.4 is 19.1 Å². The van der Waals surface area contributed by atoms with Gasteiger partial charge in [-0.2, -0.15) is 17.6 Å². The van der Waals surface area contributed by atoms with Gasteiger partial charge in [-0.3, -0.25) is 4.98 Å². The van der Waals surface area contributed by atoms with Crippen LogP contribution in [0, 0.1) is 0 Å². The highest BCUT2D eigenvalue weighted by molar-refractivity contribution is 5.89. The third-order valence-electron chi connectivity index (χ3n) is 4.42. The number of carbonyl (C=O) groups is 1. The molecule has 0 bridgehead atoms. The smallest absolute Gasteiger partial charge is 0.387 e. The Morgan fingerprint density at radius 2 is 1.67 bits per heavy atom. The third kappa shape index (κ3) is 6.25. The summed E-state index contributed by atoms with van der Waals surface area (Å²) in [5.41, 5.74) is 1.10. The lowest BCUT2D eigenvalue weighted by Gasteiger charge is -2.26. The predicted octanol–water partition coefficient (Wildman–Crippen LogP) is 5.33. The van der Waals surface area contributed by atoms with Gasteiger partial charge in [-0.15, -0.1) is 0 Å². The van der Waals surface area contributed by atoms with Crippen molar-refractivity contribution < 1.29 is 41.7 Å². The molecule has 33 heavy (non-hydrogen) atoms. The summed E-state index contributed by atoms with van der Waals surface area (Å²) in [5.74, 6) is -1.84. The zero-order chi connectivity index (χ0) is 24.0. The monoisotopic (exact) mass is 466 g/mol. The van der Waals surface area contributed by atoms with Crippen molar-refractivity contribution in [2.45, 2.75) is 19.8 Å². The number of carboxylic acids is 1. The Morgan fingerprint density at radius 3 is 2.33 bits per heavy atom. The third-order valence-corrected chi connectivity index (χ3v) is 4.42. The van der Waals surface area contributed by atoms with Crippen LogP contribution in [0.1, 0.15) is 16.1 Å². The van der Waals surface area contributed by atoms with E-state index in [1.165, 1.54) is 37.6 Å². The van der Waals surface area contributed by atoms with Crippen LogP contribution in [0.5, 0.6) is 17.2 Å². The van der Waals surface area contributed by atoms with E-state index < -0.39 is 30.7 Å². The minimum atomic E-state index is -3.29. The van der Waals surface area contributed by atoms with E-state index in [1.807, 2.05) is 0 Å². The molecule has 0 aliphatic heterocycles. The molecule has 1 heterocycles. The van der Waals surface area contributed by atoms with E-state index in [1.54, 1.807) is 23.1 Å². The molecule has 0 atom stereocenters. The summed E-state index contributed by atoms with van der Waals surface area (Å²) < 4.78 is 65.0. The van der Waals surface area contributed by atoms with Crippen LogP contribution in [0.25, 0.3) is 0 Å². The lowest BCUT2D eigenvalue weighted by atomic mass is 10.1. The van der Waals surface area contributed by atoms with Gasteiger partial charge < -0.3 is 24.2 Å². The number of hydrogen-bond acceptors (Lipinski definition) is 6. The molecular weight excluding hydrogens is 448 g/mol. The van der Waals surface area contributed by atoms with E-state index in [2.05, 4.69) is 14.5 Å². The Morgan fingerprint density at radius 1 is 0.970 bits per heavy atom. The summed E-state index contributed by atoms with van der Waals surface area (Å²) in [7, 11) is 1.48. The highest BCUT2D eigenvalue weighted by atomic mass is 19.3. The topological polar surface area (TPSA) is 81.1 Å². The fourth-order valence-electron chi connectivity index (χ4n) is 3.02. The Balaban J connectivity index is 2.09. The van der Waals surface area contributed by atoms with E-state index in [-0.39, 0.29) is 17.8 Å². The SMILES string of the molecule is COc1ccnc(CN(c2cccc(C(=O)O)c2)c2ccc(OC(F)F)c(OC(F)F)c2)c1. The van der Waals surface area contributed by atoms with Crippen molar-refractivity contribution in [3.05, 3.63) is 72.1 Å². The molecule has 174 valence electrons. The van der Waals surface area contributed by atoms with Crippen LogP contribution in [-0.4, -0.2) is 36.4 Å². The molecule has 7 nitrogen and oxygen atoms in total. The zero-order valence-electron chi connectivity index (χ0n) is 17.1. The molecule has 0 saturated carbocycles. The minimum absolute atomic E-state index is 0.0159. The van der Waals surface area contributed by atoms with Crippen LogP contribution >= 0.6 is 0 Å². The highest BCUT2D eigenvalue weighted by Crippen LogP contribution is 2.37. The standard InChI is InChI=1S/C22H18F4N2O5/c1-31-17-7-8-27-14(10-17)12-28(15-4-2-3-13(9-15)20(29)30)16-5-6-18(32-21(23)24)19(11-16)33-22(25)26/h2-11,21-22H,12H2,1H3,(H,29,30). The maximum atomic E-state index is 12.9. The summed E-state index contributed by atoms with van der Waals surface area (Å²) in [5, 5.41) is 9.34. The van der Waals surface area contributed by atoms with Gasteiger partial charge in [0.25, 0.3) is 0 Å². The minimum Gasteiger partial charge on any atom is -0.497 e. The Labute approximate surface area is 185 Å². The number of halogens is 4. The summed E-state index contributed by atoms with van der Waals surface area (Å²) in [6, 6.07) is 12.6. The predicted molar refractivity (Wildman–Crippen MR) is 110 cm³/mol. The van der Waals surface area contributed by atoms with Gasteiger partial charge in [0.2, 0.25) is 0 Å². The van der Waals surface area contributed by atoms with Gasteiger partial charge in [-0.1, -0.05) is 6.07 Å². The van der Waals surface area contributed by atoms with E-state index in [4.69, 9.17) is 4.74 Å². The first-order valence-electron chi connectivity index (χ1n) is 9.40. The number of aromatic carboxylic acids is 1. The van der Waals surface area contributed by atoms with Gasteiger partial charge in [0.15, 0.2) is 11.5 Å². The average Bonchev–Trinajstić information content (AvgIpc) is 2.78. The van der Waals surface area contributed by atoms with Crippen molar-refractivity contribution in [2.75, 3.05) is 12.0 Å². The molecule has 0 fully saturated rings. The number of nitrogens with zero attached hydrogens (tertiary/aromatic N) is 2. The van der Waals surface area contributed by atoms with Gasteiger partial charge in [-0.05, 0) is 36.4 Å². The molecule has 0 unspecified atom stereocenters. The Kier molecular flexibility index (Phi) is 7.54. The maximum absolute atomic E-state index is 12.9. The number of pyridine rings is 1. The number of benzene rings is 2. The molecular formula is C22H18F4N2O5. The highest BCUT2D eigenvalue weighted by Gasteiger charge is 2.20. The van der Waals surface area contributed by atoms with Crippen LogP contribution in [0.15, 0.2) is 60.8 Å². The summed E-state index contributed by atoms with van der Waals surface area (Å²) in [6.07, 6.45) is 1.50. The molecule has 11 heteroatoms. The molecule has 0 aliphatic rings. The van der Waals surface area contributed by atoms with Crippen molar-refractivity contribution in [1.29, 1.82) is 0 Å². The van der Waals surface area contributed by atoms with E-state index >= 15 is 0 Å². The van der Waals surface area contributed by atoms with Crippen molar-refractivity contribution in [1.82, 2.24) is 4.98 Å². The normalized spacial score (nSPS) is 10.9. The second kappa shape index (κ2) is 10.5. The fourth-order valence-corrected chi connectivity index (χ4v) is 3.02. The molecule has 3 aromatic rings. The molecule has 0 spiro atoms. The molecule has 3 rings (SSSR count). The van der Waals surface area contributed by atoms with Gasteiger partial charge in [0.05, 0.1) is 24.9 Å². The maximum Gasteiger partial charge on any atom is 0.387 e. The molecule has 2 aromatic carbocycles. The van der Waals surface area contributed by atoms with Crippen LogP contribution in [0.3, 0.4) is 0 Å². The Bertz CT molecular complexity index is 1110. The van der Waals surface area contributed by atoms with Gasteiger partial charge in [0.1, 0.15) is 5.75 Å².